The van der Waals surface area contributed by atoms with Crippen molar-refractivity contribution >= 4 is 17.6 Å². The van der Waals surface area contributed by atoms with Crippen LogP contribution < -0.4 is 10.9 Å². The molecule has 0 saturated carbocycles. The lowest BCUT2D eigenvalue weighted by Gasteiger charge is -2.02. The van der Waals surface area contributed by atoms with Crippen molar-refractivity contribution in [2.45, 2.75) is 6.82 Å². The summed E-state index contributed by atoms with van der Waals surface area (Å²) in [7, 11) is 0. The van der Waals surface area contributed by atoms with Gasteiger partial charge < -0.3 is 10.2 Å². The van der Waals surface area contributed by atoms with E-state index in [0.29, 0.717) is 11.5 Å². The number of hydrogen-bond acceptors (Lipinski definition) is 2. The van der Waals surface area contributed by atoms with Crippen LogP contribution in [0, 0.1) is 0 Å². The SMILES string of the molecule is CB1c2cc(O)ccc2-c2ccc(O)cc21. The van der Waals surface area contributed by atoms with Crippen LogP contribution in [0.5, 0.6) is 11.5 Å². The van der Waals surface area contributed by atoms with Crippen LogP contribution in [0.4, 0.5) is 0 Å². The van der Waals surface area contributed by atoms with Crippen LogP contribution in [0.15, 0.2) is 36.4 Å². The van der Waals surface area contributed by atoms with Crippen molar-refractivity contribution in [2.75, 3.05) is 0 Å². The number of phenols is 2. The molecule has 0 saturated heterocycles. The van der Waals surface area contributed by atoms with E-state index >= 15 is 0 Å². The van der Waals surface area contributed by atoms with E-state index in [9.17, 15) is 10.2 Å². The second-order valence-electron chi connectivity index (χ2n) is 4.26. The molecule has 1 heterocycles. The Labute approximate surface area is 94.3 Å². The molecule has 1 aliphatic heterocycles. The zero-order valence-corrected chi connectivity index (χ0v) is 8.94. The highest BCUT2D eigenvalue weighted by Gasteiger charge is 2.28. The molecule has 0 unspecified atom stereocenters. The molecule has 0 spiro atoms. The molecule has 16 heavy (non-hydrogen) atoms. The summed E-state index contributed by atoms with van der Waals surface area (Å²) < 4.78 is 0. The van der Waals surface area contributed by atoms with Gasteiger partial charge in [0.05, 0.1) is 0 Å². The minimum atomic E-state index is 0.226. The Balaban J connectivity index is 2.30. The molecule has 0 bridgehead atoms. The Kier molecular flexibility index (Phi) is 1.78. The maximum atomic E-state index is 9.50. The summed E-state index contributed by atoms with van der Waals surface area (Å²) >= 11 is 0. The second kappa shape index (κ2) is 3.05. The maximum absolute atomic E-state index is 9.50. The summed E-state index contributed by atoms with van der Waals surface area (Å²) in [6.07, 6.45) is 0. The predicted molar refractivity (Wildman–Crippen MR) is 66.1 cm³/mol. The minimum Gasteiger partial charge on any atom is -0.508 e. The molecule has 78 valence electrons. The van der Waals surface area contributed by atoms with Crippen molar-refractivity contribution in [3.05, 3.63) is 36.4 Å². The highest BCUT2D eigenvalue weighted by atomic mass is 16.3. The molecule has 0 fully saturated rings. The monoisotopic (exact) mass is 210 g/mol. The predicted octanol–water partition coefficient (Wildman–Crippen LogP) is 1.32. The average Bonchev–Trinajstić information content (AvgIpc) is 2.53. The fraction of sp³-hybridized carbons (Fsp3) is 0.0769. The van der Waals surface area contributed by atoms with Gasteiger partial charge >= 0.3 is 0 Å². The number of phenolic OH excluding ortho intramolecular Hbond substituents is 2. The zero-order chi connectivity index (χ0) is 11.3. The van der Waals surface area contributed by atoms with Crippen molar-refractivity contribution in [2.24, 2.45) is 0 Å². The van der Waals surface area contributed by atoms with E-state index in [-0.39, 0.29) is 6.71 Å². The van der Waals surface area contributed by atoms with Crippen LogP contribution in [0.25, 0.3) is 11.1 Å². The van der Waals surface area contributed by atoms with Gasteiger partial charge in [-0.25, -0.2) is 0 Å². The van der Waals surface area contributed by atoms with E-state index < -0.39 is 0 Å². The molecular weight excluding hydrogens is 199 g/mol. The molecule has 0 radical (unpaired) electrons. The standard InChI is InChI=1S/C13H11BO2/c1-14-12-6-8(15)2-4-10(12)11-5-3-9(16)7-13(11)14/h2-7,15-16H,1H3. The normalized spacial score (nSPS) is 12.4. The molecule has 0 atom stereocenters. The fourth-order valence-electron chi connectivity index (χ4n) is 2.47. The Hall–Kier alpha value is -1.90. The highest BCUT2D eigenvalue weighted by Crippen LogP contribution is 2.26. The van der Waals surface area contributed by atoms with E-state index in [2.05, 4.69) is 6.82 Å². The zero-order valence-electron chi connectivity index (χ0n) is 8.94. The molecule has 0 amide bonds. The first-order chi connectivity index (χ1) is 7.66. The van der Waals surface area contributed by atoms with E-state index in [4.69, 9.17) is 0 Å². The van der Waals surface area contributed by atoms with Gasteiger partial charge in [-0.2, -0.15) is 0 Å². The van der Waals surface area contributed by atoms with Crippen molar-refractivity contribution < 1.29 is 10.2 Å². The van der Waals surface area contributed by atoms with Crippen molar-refractivity contribution in [1.82, 2.24) is 0 Å². The molecule has 2 aromatic carbocycles. The molecular formula is C13H11BO2. The maximum Gasteiger partial charge on any atom is 0.208 e. The Bertz CT molecular complexity index is 527. The summed E-state index contributed by atoms with van der Waals surface area (Å²) in [5.41, 5.74) is 4.56. The van der Waals surface area contributed by atoms with Crippen LogP contribution in [0.1, 0.15) is 0 Å². The van der Waals surface area contributed by atoms with E-state index in [0.717, 1.165) is 22.1 Å². The Morgan fingerprint density at radius 2 is 1.25 bits per heavy atom. The van der Waals surface area contributed by atoms with E-state index in [1.54, 1.807) is 24.3 Å². The van der Waals surface area contributed by atoms with Crippen molar-refractivity contribution in [3.63, 3.8) is 0 Å². The number of hydrogen-bond donors (Lipinski definition) is 2. The highest BCUT2D eigenvalue weighted by molar-refractivity contribution is 6.88. The molecule has 0 aliphatic carbocycles. The third-order valence-corrected chi connectivity index (χ3v) is 3.29. The van der Waals surface area contributed by atoms with Gasteiger partial charge in [-0.05, 0) is 35.4 Å². The lowest BCUT2D eigenvalue weighted by molar-refractivity contribution is 0.475. The van der Waals surface area contributed by atoms with E-state index in [1.807, 2.05) is 12.1 Å². The number of rotatable bonds is 0. The van der Waals surface area contributed by atoms with Crippen LogP contribution in [-0.2, 0) is 0 Å². The molecule has 2 N–H and O–H groups in total. The third kappa shape index (κ3) is 1.15. The summed E-state index contributed by atoms with van der Waals surface area (Å²) in [6, 6.07) is 10.9. The Morgan fingerprint density at radius 3 is 1.69 bits per heavy atom. The fourth-order valence-corrected chi connectivity index (χ4v) is 2.47. The van der Waals surface area contributed by atoms with Gasteiger partial charge in [0.1, 0.15) is 11.5 Å². The van der Waals surface area contributed by atoms with Crippen LogP contribution in [-0.4, -0.2) is 16.9 Å². The largest absolute Gasteiger partial charge is 0.508 e. The topological polar surface area (TPSA) is 40.5 Å². The Morgan fingerprint density at radius 1 is 0.812 bits per heavy atom. The third-order valence-electron chi connectivity index (χ3n) is 3.29. The van der Waals surface area contributed by atoms with Gasteiger partial charge in [0, 0.05) is 0 Å². The quantitative estimate of drug-likeness (QED) is 0.643. The minimum absolute atomic E-state index is 0.226. The van der Waals surface area contributed by atoms with Gasteiger partial charge in [0.2, 0.25) is 6.71 Å². The van der Waals surface area contributed by atoms with E-state index in [1.165, 1.54) is 0 Å². The van der Waals surface area contributed by atoms with Crippen molar-refractivity contribution in [1.29, 1.82) is 0 Å². The van der Waals surface area contributed by atoms with Gasteiger partial charge in [0.15, 0.2) is 0 Å². The molecule has 1 aliphatic rings. The van der Waals surface area contributed by atoms with Crippen LogP contribution in [0.2, 0.25) is 6.82 Å². The molecule has 3 heteroatoms. The van der Waals surface area contributed by atoms with Crippen molar-refractivity contribution in [3.8, 4) is 22.6 Å². The second-order valence-corrected chi connectivity index (χ2v) is 4.26. The summed E-state index contributed by atoms with van der Waals surface area (Å²) in [5, 5.41) is 19.0. The van der Waals surface area contributed by atoms with Crippen LogP contribution >= 0.6 is 0 Å². The first kappa shape index (κ1) is 9.34. The first-order valence-corrected chi connectivity index (χ1v) is 5.33. The van der Waals surface area contributed by atoms with Crippen LogP contribution in [0.3, 0.4) is 0 Å². The summed E-state index contributed by atoms with van der Waals surface area (Å²) in [6.45, 7) is 2.31. The summed E-state index contributed by atoms with van der Waals surface area (Å²) in [4.78, 5) is 0. The average molecular weight is 210 g/mol. The van der Waals surface area contributed by atoms with Gasteiger partial charge in [-0.3, -0.25) is 0 Å². The number of aromatic hydroxyl groups is 2. The van der Waals surface area contributed by atoms with Gasteiger partial charge in [0.25, 0.3) is 0 Å². The molecule has 2 aromatic rings. The first-order valence-electron chi connectivity index (χ1n) is 5.33. The van der Waals surface area contributed by atoms with Gasteiger partial charge in [-0.1, -0.05) is 29.9 Å². The smallest absolute Gasteiger partial charge is 0.208 e. The summed E-state index contributed by atoms with van der Waals surface area (Å²) in [5.74, 6) is 0.588. The molecule has 0 aromatic heterocycles. The lowest BCUT2D eigenvalue weighted by atomic mass is 9.45. The molecule has 3 rings (SSSR count). The lowest BCUT2D eigenvalue weighted by Crippen LogP contribution is -2.34. The number of benzene rings is 2. The molecule has 2 nitrogen and oxygen atoms in total. The number of fused-ring (bicyclic) bond motifs is 3. The van der Waals surface area contributed by atoms with Gasteiger partial charge in [-0.15, -0.1) is 0 Å².